The number of rotatable bonds is 28. The molecule has 0 spiro atoms. The van der Waals surface area contributed by atoms with Crippen LogP contribution in [0.15, 0.2) is 30.3 Å². The third kappa shape index (κ3) is 14.8. The van der Waals surface area contributed by atoms with Gasteiger partial charge in [0.05, 0.1) is 42.7 Å². The standard InChI is InChI=1S/C47H78N4O9/c1-12-32(6)44(50(9)46(56)36(30(2)3)28-39(53)43(31(4)5)49(8)41(54)23-17-14-18-24-48)40(59-10)29-42(55)51-25-19-22-37(51)45(60-11)33(7)38(52)27-35(47(57)58)26-34-20-15-13-16-21-34/h13,15-16,20-21,30-33,35-37,40,43-45H,12,14,17-19,22-29,48H2,1-11H3,(H,57,58)/t32-,33-,35+,36-,37-,40+,43-,44-,45+/m0/s1. The van der Waals surface area contributed by atoms with Crippen molar-refractivity contribution in [1.29, 1.82) is 0 Å². The summed E-state index contributed by atoms with van der Waals surface area (Å²) in [5.74, 6) is -4.53. The van der Waals surface area contributed by atoms with Gasteiger partial charge in [-0.05, 0) is 62.0 Å². The molecular weight excluding hydrogens is 765 g/mol. The fourth-order valence-corrected chi connectivity index (χ4v) is 9.09. The van der Waals surface area contributed by atoms with E-state index in [1.165, 1.54) is 7.11 Å². The van der Waals surface area contributed by atoms with Crippen LogP contribution in [-0.4, -0.2) is 127 Å². The second kappa shape index (κ2) is 25.9. The molecule has 0 unspecified atom stereocenters. The fourth-order valence-electron chi connectivity index (χ4n) is 9.09. The second-order valence-corrected chi connectivity index (χ2v) is 17.8. The van der Waals surface area contributed by atoms with Gasteiger partial charge in [-0.3, -0.25) is 28.8 Å². The lowest BCUT2D eigenvalue weighted by atomic mass is 9.83. The predicted octanol–water partition coefficient (Wildman–Crippen LogP) is 6.04. The molecule has 0 bridgehead atoms. The fraction of sp³-hybridized carbons (Fsp3) is 0.745. The number of likely N-dealkylation sites (tertiary alicyclic amines) is 1. The Hall–Kier alpha value is -3.68. The van der Waals surface area contributed by atoms with E-state index in [1.54, 1.807) is 42.8 Å². The molecular formula is C47H78N4O9. The smallest absolute Gasteiger partial charge is 0.307 e. The lowest BCUT2D eigenvalue weighted by Gasteiger charge is -2.41. The summed E-state index contributed by atoms with van der Waals surface area (Å²) in [6.07, 6.45) is 3.47. The van der Waals surface area contributed by atoms with E-state index in [0.717, 1.165) is 18.4 Å². The first kappa shape index (κ1) is 52.5. The largest absolute Gasteiger partial charge is 0.481 e. The van der Waals surface area contributed by atoms with Crippen LogP contribution in [0.3, 0.4) is 0 Å². The highest BCUT2D eigenvalue weighted by Gasteiger charge is 2.43. The summed E-state index contributed by atoms with van der Waals surface area (Å²) in [4.78, 5) is 86.8. The SMILES string of the molecule is CC[C@H](C)[C@@H]([C@@H](CC(=O)N1CCC[C@H]1[C@H](OC)[C@@H](C)C(=O)C[C@@H](Cc1ccccc1)C(=O)O)OC)N(C)C(=O)[C@@H](CC(=O)[C@H](C(C)C)N(C)C(=O)CCCCCN)C(C)C. The van der Waals surface area contributed by atoms with Gasteiger partial charge in [0.15, 0.2) is 5.78 Å². The van der Waals surface area contributed by atoms with Gasteiger partial charge >= 0.3 is 5.97 Å². The number of methoxy groups -OCH3 is 2. The molecule has 1 aliphatic heterocycles. The van der Waals surface area contributed by atoms with Crippen LogP contribution in [0, 0.1) is 35.5 Å². The number of aliphatic carboxylic acids is 1. The second-order valence-electron chi connectivity index (χ2n) is 17.8. The number of hydrogen-bond acceptors (Lipinski definition) is 9. The molecule has 1 aromatic carbocycles. The van der Waals surface area contributed by atoms with Crippen molar-refractivity contribution in [2.24, 2.45) is 41.2 Å². The average molecular weight is 843 g/mol. The van der Waals surface area contributed by atoms with Gasteiger partial charge in [0.1, 0.15) is 5.78 Å². The van der Waals surface area contributed by atoms with E-state index in [9.17, 15) is 33.9 Å². The van der Waals surface area contributed by atoms with E-state index in [2.05, 4.69) is 0 Å². The number of carboxylic acids is 1. The quantitative estimate of drug-likeness (QED) is 0.0946. The molecule has 0 aromatic heterocycles. The third-order valence-electron chi connectivity index (χ3n) is 12.9. The van der Waals surface area contributed by atoms with Crippen LogP contribution in [0.2, 0.25) is 0 Å². The summed E-state index contributed by atoms with van der Waals surface area (Å²) in [7, 11) is 6.46. The molecule has 0 radical (unpaired) electrons. The van der Waals surface area contributed by atoms with Crippen molar-refractivity contribution in [2.75, 3.05) is 41.4 Å². The van der Waals surface area contributed by atoms with Crippen molar-refractivity contribution in [3.63, 3.8) is 0 Å². The van der Waals surface area contributed by atoms with Gasteiger partial charge in [-0.1, -0.05) is 91.6 Å². The summed E-state index contributed by atoms with van der Waals surface area (Å²) in [5, 5.41) is 9.98. The number of likely N-dealkylation sites (N-methyl/N-ethyl adjacent to an activating group) is 2. The zero-order valence-electron chi connectivity index (χ0n) is 38.6. The molecule has 1 saturated heterocycles. The molecule has 13 heteroatoms. The van der Waals surface area contributed by atoms with Crippen molar-refractivity contribution in [1.82, 2.24) is 14.7 Å². The summed E-state index contributed by atoms with van der Waals surface area (Å²) < 4.78 is 12.0. The van der Waals surface area contributed by atoms with Crippen molar-refractivity contribution < 1.29 is 43.3 Å². The molecule has 1 fully saturated rings. The summed E-state index contributed by atoms with van der Waals surface area (Å²) >= 11 is 0. The summed E-state index contributed by atoms with van der Waals surface area (Å²) in [5.41, 5.74) is 6.45. The Morgan fingerprint density at radius 3 is 2.03 bits per heavy atom. The highest BCUT2D eigenvalue weighted by molar-refractivity contribution is 5.93. The molecule has 60 heavy (non-hydrogen) atoms. The molecule has 2 rings (SSSR count). The number of ketones is 2. The van der Waals surface area contributed by atoms with Gasteiger partial charge in [-0.25, -0.2) is 0 Å². The number of carbonyl (C=O) groups is 6. The number of nitrogens with two attached hydrogens (primary N) is 1. The average Bonchev–Trinajstić information content (AvgIpc) is 3.70. The van der Waals surface area contributed by atoms with E-state index < -0.39 is 54.1 Å². The number of ether oxygens (including phenoxy) is 2. The minimum atomic E-state index is -1.04. The Kier molecular flexibility index (Phi) is 22.7. The number of carbonyl (C=O) groups excluding carboxylic acids is 5. The molecule has 9 atom stereocenters. The Balaban J connectivity index is 2.27. The molecule has 1 aromatic rings. The zero-order chi connectivity index (χ0) is 45.3. The van der Waals surface area contributed by atoms with Gasteiger partial charge in [-0.15, -0.1) is 0 Å². The number of nitrogens with zero attached hydrogens (tertiary/aromatic N) is 3. The maximum atomic E-state index is 14.5. The Bertz CT molecular complexity index is 1520. The molecule has 0 saturated carbocycles. The molecule has 3 amide bonds. The minimum absolute atomic E-state index is 0.0184. The number of unbranched alkanes of at least 4 members (excludes halogenated alkanes) is 2. The number of carboxylic acid groups (broad SMARTS) is 1. The number of hydrogen-bond donors (Lipinski definition) is 2. The zero-order valence-corrected chi connectivity index (χ0v) is 38.6. The van der Waals surface area contributed by atoms with Gasteiger partial charge in [-0.2, -0.15) is 0 Å². The minimum Gasteiger partial charge on any atom is -0.481 e. The lowest BCUT2D eigenvalue weighted by Crippen LogP contribution is -2.54. The topological polar surface area (TPSA) is 177 Å². The van der Waals surface area contributed by atoms with Gasteiger partial charge in [0.25, 0.3) is 0 Å². The van der Waals surface area contributed by atoms with E-state index in [4.69, 9.17) is 15.2 Å². The lowest BCUT2D eigenvalue weighted by molar-refractivity contribution is -0.150. The Morgan fingerprint density at radius 2 is 1.50 bits per heavy atom. The highest BCUT2D eigenvalue weighted by Crippen LogP contribution is 2.32. The van der Waals surface area contributed by atoms with E-state index in [1.807, 2.05) is 71.9 Å². The first-order chi connectivity index (χ1) is 28.4. The number of amides is 3. The molecule has 1 heterocycles. The van der Waals surface area contributed by atoms with E-state index in [0.29, 0.717) is 45.2 Å². The normalized spacial score (nSPS) is 18.3. The summed E-state index contributed by atoms with van der Waals surface area (Å²) in [6.45, 7) is 14.5. The van der Waals surface area contributed by atoms with Gasteiger partial charge < -0.3 is 35.0 Å². The van der Waals surface area contributed by atoms with Crippen LogP contribution in [0.1, 0.15) is 118 Å². The molecule has 1 aliphatic rings. The van der Waals surface area contributed by atoms with Gasteiger partial charge in [0.2, 0.25) is 17.7 Å². The van der Waals surface area contributed by atoms with E-state index >= 15 is 0 Å². The third-order valence-corrected chi connectivity index (χ3v) is 12.9. The molecule has 3 N–H and O–H groups in total. The van der Waals surface area contributed by atoms with Crippen molar-refractivity contribution in [3.05, 3.63) is 35.9 Å². The van der Waals surface area contributed by atoms with Crippen molar-refractivity contribution in [3.8, 4) is 0 Å². The monoisotopic (exact) mass is 843 g/mol. The number of benzene rings is 1. The van der Waals surface area contributed by atoms with E-state index in [-0.39, 0.29) is 72.7 Å². The molecule has 13 nitrogen and oxygen atoms in total. The van der Waals surface area contributed by atoms with Crippen LogP contribution >= 0.6 is 0 Å². The maximum absolute atomic E-state index is 14.5. The first-order valence-electron chi connectivity index (χ1n) is 22.3. The van der Waals surface area contributed by atoms with Crippen LogP contribution in [-0.2, 0) is 44.7 Å². The van der Waals surface area contributed by atoms with Crippen LogP contribution in [0.5, 0.6) is 0 Å². The maximum Gasteiger partial charge on any atom is 0.307 e. The molecule has 0 aliphatic carbocycles. The summed E-state index contributed by atoms with van der Waals surface area (Å²) in [6, 6.07) is 7.67. The number of Topliss-reactive ketones (excluding diaryl/α,β-unsaturated/α-hetero) is 2. The van der Waals surface area contributed by atoms with Crippen LogP contribution in [0.25, 0.3) is 0 Å². The van der Waals surface area contributed by atoms with Crippen LogP contribution in [0.4, 0.5) is 0 Å². The predicted molar refractivity (Wildman–Crippen MR) is 234 cm³/mol. The Morgan fingerprint density at radius 1 is 0.850 bits per heavy atom. The van der Waals surface area contributed by atoms with Gasteiger partial charge in [0, 0.05) is 66.0 Å². The molecule has 340 valence electrons. The Labute approximate surface area is 360 Å². The van der Waals surface area contributed by atoms with Crippen LogP contribution < -0.4 is 5.73 Å². The van der Waals surface area contributed by atoms with Crippen molar-refractivity contribution >= 4 is 35.3 Å². The highest BCUT2D eigenvalue weighted by atomic mass is 16.5. The van der Waals surface area contributed by atoms with Crippen molar-refractivity contribution in [2.45, 2.75) is 149 Å². The first-order valence-corrected chi connectivity index (χ1v) is 22.3.